The van der Waals surface area contributed by atoms with Gasteiger partial charge in [-0.25, -0.2) is 8.42 Å². The lowest BCUT2D eigenvalue weighted by molar-refractivity contribution is 0.363. The Morgan fingerprint density at radius 1 is 1.50 bits per heavy atom. The van der Waals surface area contributed by atoms with Crippen molar-refractivity contribution in [2.45, 2.75) is 18.3 Å². The second-order valence-corrected chi connectivity index (χ2v) is 7.51. The minimum atomic E-state index is -3.49. The summed E-state index contributed by atoms with van der Waals surface area (Å²) in [7, 11) is -3.49. The number of ether oxygens (including phenoxy) is 1. The normalized spacial score (nSPS) is 17.9. The minimum absolute atomic E-state index is 0.0976. The van der Waals surface area contributed by atoms with Gasteiger partial charge in [-0.3, -0.25) is 0 Å². The van der Waals surface area contributed by atoms with E-state index in [9.17, 15) is 8.42 Å². The van der Waals surface area contributed by atoms with Gasteiger partial charge in [-0.1, -0.05) is 28.1 Å². The number of hydrogen-bond donors (Lipinski definition) is 0. The van der Waals surface area contributed by atoms with Crippen LogP contribution in [0.1, 0.15) is 12.0 Å². The number of rotatable bonds is 7. The number of sulfonamides is 1. The van der Waals surface area contributed by atoms with Crippen molar-refractivity contribution in [2.75, 3.05) is 19.7 Å². The summed E-state index contributed by atoms with van der Waals surface area (Å²) in [5.74, 6) is -0.0976. The molecule has 7 heteroatoms. The Bertz CT molecular complexity index is 608. The van der Waals surface area contributed by atoms with Crippen molar-refractivity contribution in [3.63, 3.8) is 0 Å². The third kappa shape index (κ3) is 4.56. The van der Waals surface area contributed by atoms with Gasteiger partial charge in [0.2, 0.25) is 10.0 Å². The van der Waals surface area contributed by atoms with Crippen LogP contribution < -0.4 is 0 Å². The Morgan fingerprint density at radius 2 is 2.25 bits per heavy atom. The van der Waals surface area contributed by atoms with Gasteiger partial charge in [0.15, 0.2) is 0 Å². The first-order valence-electron chi connectivity index (χ1n) is 6.22. The molecule has 0 radical (unpaired) electrons. The van der Waals surface area contributed by atoms with E-state index in [-0.39, 0.29) is 18.4 Å². The number of nitrogens with zero attached hydrogens (tertiary/aromatic N) is 2. The standard InChI is InChI=1S/C13H15BrN2O3S/c14-12-3-1-2-11(8-12)10-20(17,18)16(7-5-15)6-4-13-9-19-13/h1-3,8,13H,4,6-7,9-10H2. The fraction of sp³-hybridized carbons (Fsp3) is 0.462. The van der Waals surface area contributed by atoms with Gasteiger partial charge >= 0.3 is 0 Å². The molecule has 5 nitrogen and oxygen atoms in total. The Labute approximate surface area is 127 Å². The van der Waals surface area contributed by atoms with Gasteiger partial charge in [0, 0.05) is 11.0 Å². The highest BCUT2D eigenvalue weighted by atomic mass is 79.9. The summed E-state index contributed by atoms with van der Waals surface area (Å²) in [5, 5.41) is 8.80. The van der Waals surface area contributed by atoms with Gasteiger partial charge in [0.05, 0.1) is 24.5 Å². The molecule has 0 aliphatic carbocycles. The van der Waals surface area contributed by atoms with Crippen LogP contribution in [-0.2, 0) is 20.5 Å². The first kappa shape index (κ1) is 15.4. The highest BCUT2D eigenvalue weighted by Gasteiger charge is 2.27. The van der Waals surface area contributed by atoms with E-state index in [1.54, 1.807) is 18.2 Å². The third-order valence-corrected chi connectivity index (χ3v) is 5.27. The number of epoxide rings is 1. The zero-order valence-corrected chi connectivity index (χ0v) is 13.2. The van der Waals surface area contributed by atoms with Gasteiger partial charge in [-0.2, -0.15) is 9.57 Å². The van der Waals surface area contributed by atoms with Crippen LogP contribution in [0, 0.1) is 11.3 Å². The second-order valence-electron chi connectivity index (χ2n) is 4.62. The number of hydrogen-bond acceptors (Lipinski definition) is 4. The van der Waals surface area contributed by atoms with Gasteiger partial charge in [-0.15, -0.1) is 0 Å². The van der Waals surface area contributed by atoms with Crippen LogP contribution in [0.5, 0.6) is 0 Å². The second kappa shape index (κ2) is 6.68. The molecule has 0 saturated carbocycles. The summed E-state index contributed by atoms with van der Waals surface area (Å²) in [4.78, 5) is 0. The van der Waals surface area contributed by atoms with Crippen LogP contribution in [0.3, 0.4) is 0 Å². The summed E-state index contributed by atoms with van der Waals surface area (Å²) in [6.45, 7) is 0.893. The van der Waals surface area contributed by atoms with Gasteiger partial charge in [0.1, 0.15) is 6.54 Å². The first-order valence-corrected chi connectivity index (χ1v) is 8.62. The molecule has 1 aliphatic heterocycles. The average Bonchev–Trinajstić information content (AvgIpc) is 3.17. The predicted octanol–water partition coefficient (Wildman–Crippen LogP) is 1.89. The summed E-state index contributed by atoms with van der Waals surface area (Å²) in [6.07, 6.45) is 0.789. The smallest absolute Gasteiger partial charge is 0.219 e. The molecule has 0 N–H and O–H groups in total. The monoisotopic (exact) mass is 358 g/mol. The molecule has 0 spiro atoms. The van der Waals surface area contributed by atoms with E-state index in [2.05, 4.69) is 15.9 Å². The van der Waals surface area contributed by atoms with Crippen molar-refractivity contribution in [1.82, 2.24) is 4.31 Å². The van der Waals surface area contributed by atoms with E-state index in [4.69, 9.17) is 10.00 Å². The zero-order chi connectivity index (χ0) is 14.6. The summed E-state index contributed by atoms with van der Waals surface area (Å²) < 4.78 is 31.8. The quantitative estimate of drug-likeness (QED) is 0.551. The van der Waals surface area contributed by atoms with Crippen LogP contribution in [0.15, 0.2) is 28.7 Å². The highest BCUT2D eigenvalue weighted by Crippen LogP contribution is 2.18. The van der Waals surface area contributed by atoms with E-state index in [1.807, 2.05) is 12.1 Å². The van der Waals surface area contributed by atoms with E-state index in [1.165, 1.54) is 4.31 Å². The molecular weight excluding hydrogens is 344 g/mol. The molecular formula is C13H15BrN2O3S. The Hall–Kier alpha value is -0.940. The summed E-state index contributed by atoms with van der Waals surface area (Å²) in [5.41, 5.74) is 0.699. The van der Waals surface area contributed by atoms with Crippen molar-refractivity contribution in [1.29, 1.82) is 5.26 Å². The van der Waals surface area contributed by atoms with E-state index < -0.39 is 10.0 Å². The van der Waals surface area contributed by atoms with Gasteiger partial charge in [0.25, 0.3) is 0 Å². The highest BCUT2D eigenvalue weighted by molar-refractivity contribution is 9.10. The van der Waals surface area contributed by atoms with E-state index >= 15 is 0 Å². The molecule has 1 atom stereocenters. The van der Waals surface area contributed by atoms with Crippen molar-refractivity contribution >= 4 is 26.0 Å². The molecule has 0 bridgehead atoms. The molecule has 1 aromatic rings. The van der Waals surface area contributed by atoms with Crippen LogP contribution in [0.4, 0.5) is 0 Å². The Morgan fingerprint density at radius 3 is 2.85 bits per heavy atom. The zero-order valence-electron chi connectivity index (χ0n) is 10.8. The fourth-order valence-electron chi connectivity index (χ4n) is 1.85. The molecule has 2 rings (SSSR count). The Kier molecular flexibility index (Phi) is 5.16. The molecule has 0 aromatic heterocycles. The molecule has 0 amide bonds. The lowest BCUT2D eigenvalue weighted by atomic mass is 10.2. The minimum Gasteiger partial charge on any atom is -0.373 e. The number of benzene rings is 1. The van der Waals surface area contributed by atoms with Crippen LogP contribution in [0.2, 0.25) is 0 Å². The van der Waals surface area contributed by atoms with Gasteiger partial charge in [-0.05, 0) is 24.1 Å². The maximum atomic E-state index is 12.4. The van der Waals surface area contributed by atoms with Crippen molar-refractivity contribution in [3.05, 3.63) is 34.3 Å². The van der Waals surface area contributed by atoms with Crippen molar-refractivity contribution < 1.29 is 13.2 Å². The van der Waals surface area contributed by atoms with Crippen LogP contribution in [0.25, 0.3) is 0 Å². The molecule has 1 unspecified atom stereocenters. The predicted molar refractivity (Wildman–Crippen MR) is 78.3 cm³/mol. The maximum absolute atomic E-state index is 12.4. The van der Waals surface area contributed by atoms with E-state index in [0.29, 0.717) is 25.1 Å². The van der Waals surface area contributed by atoms with Crippen molar-refractivity contribution in [3.8, 4) is 6.07 Å². The number of halogens is 1. The van der Waals surface area contributed by atoms with E-state index in [0.717, 1.165) is 4.47 Å². The molecule has 1 aliphatic rings. The molecule has 20 heavy (non-hydrogen) atoms. The van der Waals surface area contributed by atoms with Crippen LogP contribution >= 0.6 is 15.9 Å². The molecule has 1 fully saturated rings. The maximum Gasteiger partial charge on any atom is 0.219 e. The lowest BCUT2D eigenvalue weighted by Gasteiger charge is -2.18. The molecule has 1 heterocycles. The lowest BCUT2D eigenvalue weighted by Crippen LogP contribution is -2.34. The topological polar surface area (TPSA) is 73.7 Å². The number of nitriles is 1. The first-order chi connectivity index (χ1) is 9.51. The fourth-order valence-corrected chi connectivity index (χ4v) is 3.71. The average molecular weight is 359 g/mol. The van der Waals surface area contributed by atoms with Gasteiger partial charge < -0.3 is 4.74 Å². The third-order valence-electron chi connectivity index (χ3n) is 2.98. The summed E-state index contributed by atoms with van der Waals surface area (Å²) in [6, 6.07) is 9.08. The molecule has 108 valence electrons. The summed E-state index contributed by atoms with van der Waals surface area (Å²) >= 11 is 3.32. The Balaban J connectivity index is 2.06. The van der Waals surface area contributed by atoms with Crippen molar-refractivity contribution in [2.24, 2.45) is 0 Å². The SMILES string of the molecule is N#CCN(CCC1CO1)S(=O)(=O)Cc1cccc(Br)c1. The largest absolute Gasteiger partial charge is 0.373 e. The van der Waals surface area contributed by atoms with Crippen LogP contribution in [-0.4, -0.2) is 38.5 Å². The molecule has 1 aromatic carbocycles. The molecule has 1 saturated heterocycles.